The first-order valence-electron chi connectivity index (χ1n) is 12.5. The predicted molar refractivity (Wildman–Crippen MR) is 144 cm³/mol. The first-order valence-corrected chi connectivity index (χ1v) is 12.5. The molecule has 3 aromatic rings. The van der Waals surface area contributed by atoms with Crippen LogP contribution in [0, 0.1) is 0 Å². The molecule has 37 heavy (non-hydrogen) atoms. The minimum Gasteiger partial charge on any atom is -0.496 e. The summed E-state index contributed by atoms with van der Waals surface area (Å²) in [5.41, 5.74) is 1.90. The zero-order valence-electron chi connectivity index (χ0n) is 21.8. The lowest BCUT2D eigenvalue weighted by molar-refractivity contribution is -0.142. The average Bonchev–Trinajstić information content (AvgIpc) is 2.94. The number of nitrogens with zero attached hydrogens (tertiary/aromatic N) is 1. The van der Waals surface area contributed by atoms with Gasteiger partial charge in [-0.1, -0.05) is 74.0 Å². The number of hydrogen-bond acceptors (Lipinski definition) is 5. The number of rotatable bonds is 14. The van der Waals surface area contributed by atoms with Gasteiger partial charge >= 0.3 is 0 Å². The third-order valence-electron chi connectivity index (χ3n) is 5.98. The number of hydrogen-bond donors (Lipinski definition) is 1. The normalized spacial score (nSPS) is 11.3. The number of carbonyl (C=O) groups is 2. The summed E-state index contributed by atoms with van der Waals surface area (Å²) in [4.78, 5) is 28.7. The summed E-state index contributed by atoms with van der Waals surface area (Å²) < 4.78 is 16.5. The lowest BCUT2D eigenvalue weighted by Crippen LogP contribution is -2.51. The van der Waals surface area contributed by atoms with Crippen molar-refractivity contribution in [3.63, 3.8) is 0 Å². The molecule has 0 bridgehead atoms. The van der Waals surface area contributed by atoms with Crippen LogP contribution >= 0.6 is 0 Å². The lowest BCUT2D eigenvalue weighted by atomic mass is 10.0. The van der Waals surface area contributed by atoms with Crippen molar-refractivity contribution in [2.75, 3.05) is 27.4 Å². The molecule has 2 amide bonds. The Hall–Kier alpha value is -4.00. The maximum absolute atomic E-state index is 13.7. The van der Waals surface area contributed by atoms with E-state index in [9.17, 15) is 9.59 Å². The van der Waals surface area contributed by atoms with E-state index in [-0.39, 0.29) is 25.0 Å². The summed E-state index contributed by atoms with van der Waals surface area (Å²) in [6.07, 6.45) is 2.23. The second-order valence-corrected chi connectivity index (χ2v) is 8.69. The van der Waals surface area contributed by atoms with Crippen LogP contribution in [0.2, 0.25) is 0 Å². The van der Waals surface area contributed by atoms with Gasteiger partial charge in [0.15, 0.2) is 6.61 Å². The number of benzene rings is 3. The van der Waals surface area contributed by atoms with E-state index in [0.29, 0.717) is 30.2 Å². The van der Waals surface area contributed by atoms with Crippen LogP contribution < -0.4 is 19.5 Å². The third-order valence-corrected chi connectivity index (χ3v) is 5.98. The molecule has 196 valence electrons. The minimum absolute atomic E-state index is 0.176. The molecular weight excluding hydrogens is 468 g/mol. The Morgan fingerprint density at radius 2 is 1.41 bits per heavy atom. The average molecular weight is 505 g/mol. The molecule has 0 spiro atoms. The van der Waals surface area contributed by atoms with E-state index in [1.54, 1.807) is 37.3 Å². The van der Waals surface area contributed by atoms with Gasteiger partial charge in [-0.15, -0.1) is 0 Å². The molecule has 0 aliphatic heterocycles. The molecule has 7 nitrogen and oxygen atoms in total. The fraction of sp³-hybridized carbons (Fsp3) is 0.333. The van der Waals surface area contributed by atoms with Crippen molar-refractivity contribution < 1.29 is 23.8 Å². The van der Waals surface area contributed by atoms with Gasteiger partial charge in [0, 0.05) is 37.7 Å². The second-order valence-electron chi connectivity index (χ2n) is 8.69. The highest BCUT2D eigenvalue weighted by Gasteiger charge is 2.30. The standard InChI is InChI=1S/C30H36N2O5/c1-4-5-16-31-30(34)28(17-23-12-8-6-9-13-23)32(21-24-14-10-7-11-15-24)29(33)22-37-27-19-25(35-2)18-26(20-27)36-3/h6-15,18-20,28H,4-5,16-17,21-22H2,1-3H3,(H,31,34)/t28-/m1/s1. The van der Waals surface area contributed by atoms with Crippen LogP contribution in [0.4, 0.5) is 0 Å². The highest BCUT2D eigenvalue weighted by Crippen LogP contribution is 2.27. The Kier molecular flexibility index (Phi) is 10.8. The van der Waals surface area contributed by atoms with Crippen LogP contribution in [0.15, 0.2) is 78.9 Å². The lowest BCUT2D eigenvalue weighted by Gasteiger charge is -2.31. The van der Waals surface area contributed by atoms with Crippen molar-refractivity contribution in [3.05, 3.63) is 90.0 Å². The third kappa shape index (κ3) is 8.56. The quantitative estimate of drug-likeness (QED) is 0.324. The Labute approximate surface area is 219 Å². The van der Waals surface area contributed by atoms with Crippen LogP contribution in [0.5, 0.6) is 17.2 Å². The van der Waals surface area contributed by atoms with Gasteiger partial charge < -0.3 is 24.4 Å². The first-order chi connectivity index (χ1) is 18.0. The molecule has 0 saturated heterocycles. The zero-order valence-corrected chi connectivity index (χ0v) is 21.8. The Bertz CT molecular complexity index is 1100. The highest BCUT2D eigenvalue weighted by atomic mass is 16.5. The van der Waals surface area contributed by atoms with Gasteiger partial charge in [0.05, 0.1) is 14.2 Å². The van der Waals surface area contributed by atoms with E-state index in [0.717, 1.165) is 24.0 Å². The van der Waals surface area contributed by atoms with Crippen molar-refractivity contribution in [1.29, 1.82) is 0 Å². The smallest absolute Gasteiger partial charge is 0.261 e. The van der Waals surface area contributed by atoms with E-state index in [4.69, 9.17) is 14.2 Å². The summed E-state index contributed by atoms with van der Waals surface area (Å²) in [6, 6.07) is 23.8. The fourth-order valence-corrected chi connectivity index (χ4v) is 3.93. The number of carbonyl (C=O) groups excluding carboxylic acids is 2. The molecule has 7 heteroatoms. The van der Waals surface area contributed by atoms with Gasteiger partial charge in [0.1, 0.15) is 23.3 Å². The molecule has 0 aliphatic carbocycles. The van der Waals surface area contributed by atoms with Crippen molar-refractivity contribution in [2.45, 2.75) is 38.8 Å². The molecule has 0 aliphatic rings. The summed E-state index contributed by atoms with van der Waals surface area (Å²) in [5.74, 6) is 1.08. The Morgan fingerprint density at radius 3 is 1.97 bits per heavy atom. The number of unbranched alkanes of at least 4 members (excludes halogenated alkanes) is 1. The van der Waals surface area contributed by atoms with Gasteiger partial charge in [-0.25, -0.2) is 0 Å². The van der Waals surface area contributed by atoms with Crippen LogP contribution in [-0.2, 0) is 22.6 Å². The number of ether oxygens (including phenoxy) is 3. The Balaban J connectivity index is 1.87. The van der Waals surface area contributed by atoms with Gasteiger partial charge in [-0.2, -0.15) is 0 Å². The number of methoxy groups -OCH3 is 2. The Morgan fingerprint density at radius 1 is 0.838 bits per heavy atom. The SMILES string of the molecule is CCCCNC(=O)[C@@H](Cc1ccccc1)N(Cc1ccccc1)C(=O)COc1cc(OC)cc(OC)c1. The molecule has 0 fully saturated rings. The molecule has 0 aromatic heterocycles. The van der Waals surface area contributed by atoms with Gasteiger partial charge in [0.25, 0.3) is 5.91 Å². The highest BCUT2D eigenvalue weighted by molar-refractivity contribution is 5.88. The van der Waals surface area contributed by atoms with Crippen molar-refractivity contribution >= 4 is 11.8 Å². The van der Waals surface area contributed by atoms with Crippen LogP contribution in [0.3, 0.4) is 0 Å². The minimum atomic E-state index is -0.699. The van der Waals surface area contributed by atoms with E-state index in [1.165, 1.54) is 0 Å². The first kappa shape index (κ1) is 27.6. The second kappa shape index (κ2) is 14.5. The maximum atomic E-state index is 13.7. The van der Waals surface area contributed by atoms with Gasteiger partial charge in [0.2, 0.25) is 5.91 Å². The molecule has 1 N–H and O–H groups in total. The molecular formula is C30H36N2O5. The molecule has 0 heterocycles. The molecule has 3 rings (SSSR count). The molecule has 0 saturated carbocycles. The topological polar surface area (TPSA) is 77.1 Å². The van der Waals surface area contributed by atoms with Gasteiger partial charge in [-0.05, 0) is 17.5 Å². The van der Waals surface area contributed by atoms with E-state index in [1.807, 2.05) is 60.7 Å². The zero-order chi connectivity index (χ0) is 26.5. The van der Waals surface area contributed by atoms with Gasteiger partial charge in [-0.3, -0.25) is 9.59 Å². The van der Waals surface area contributed by atoms with E-state index in [2.05, 4.69) is 12.2 Å². The van der Waals surface area contributed by atoms with E-state index < -0.39 is 6.04 Å². The fourth-order valence-electron chi connectivity index (χ4n) is 3.93. The molecule has 0 unspecified atom stereocenters. The van der Waals surface area contributed by atoms with Crippen LogP contribution in [-0.4, -0.2) is 50.1 Å². The monoisotopic (exact) mass is 504 g/mol. The molecule has 3 aromatic carbocycles. The largest absolute Gasteiger partial charge is 0.496 e. The number of nitrogens with one attached hydrogen (secondary N) is 1. The summed E-state index contributed by atoms with van der Waals surface area (Å²) in [6.45, 7) is 2.68. The van der Waals surface area contributed by atoms with Crippen molar-refractivity contribution in [3.8, 4) is 17.2 Å². The summed E-state index contributed by atoms with van der Waals surface area (Å²) in [7, 11) is 3.10. The number of amides is 2. The molecule has 0 radical (unpaired) electrons. The van der Waals surface area contributed by atoms with E-state index >= 15 is 0 Å². The molecule has 1 atom stereocenters. The van der Waals surface area contributed by atoms with Crippen LogP contribution in [0.1, 0.15) is 30.9 Å². The van der Waals surface area contributed by atoms with Crippen molar-refractivity contribution in [1.82, 2.24) is 10.2 Å². The predicted octanol–water partition coefficient (Wildman–Crippen LogP) is 4.64. The maximum Gasteiger partial charge on any atom is 0.261 e. The van der Waals surface area contributed by atoms with Crippen LogP contribution in [0.25, 0.3) is 0 Å². The summed E-state index contributed by atoms with van der Waals surface area (Å²) in [5, 5.41) is 3.02. The van der Waals surface area contributed by atoms with Crippen molar-refractivity contribution in [2.24, 2.45) is 0 Å². The summed E-state index contributed by atoms with van der Waals surface area (Å²) >= 11 is 0.